The van der Waals surface area contributed by atoms with Crippen LogP contribution in [0.3, 0.4) is 0 Å². The summed E-state index contributed by atoms with van der Waals surface area (Å²) in [6.45, 7) is 4.11. The summed E-state index contributed by atoms with van der Waals surface area (Å²) < 4.78 is 11.7. The molecule has 0 fully saturated rings. The Morgan fingerprint density at radius 3 is 2.47 bits per heavy atom. The number of hydrogen-bond acceptors (Lipinski definition) is 6. The van der Waals surface area contributed by atoms with Crippen molar-refractivity contribution in [3.63, 3.8) is 0 Å². The third-order valence-electron chi connectivity index (χ3n) is 8.35. The summed E-state index contributed by atoms with van der Waals surface area (Å²) in [5.41, 5.74) is 2.36. The Labute approximate surface area is 274 Å². The number of nitrogens with one attached hydrogen (secondary N) is 3. The summed E-state index contributed by atoms with van der Waals surface area (Å²) in [7, 11) is 3.26. The van der Waals surface area contributed by atoms with Gasteiger partial charge in [-0.2, -0.15) is 0 Å². The van der Waals surface area contributed by atoms with Crippen LogP contribution in [0.15, 0.2) is 84.9 Å². The second-order valence-electron chi connectivity index (χ2n) is 11.9. The van der Waals surface area contributed by atoms with Gasteiger partial charge in [0.25, 0.3) is 0 Å². The number of carbonyl (C=O) groups excluding carboxylic acids is 3. The number of fused-ring (bicyclic) bond motifs is 2. The normalized spacial score (nSPS) is 16.9. The number of anilines is 3. The SMILES string of the molecule is COc1ccc(NC(=O)N(C)C[C@H]2Oc3ccc(NC(=O)Nc4cccc5ccccc45)cc3CC(=O)N([C@@H](C)CO)C[C@@H]2C)cc1. The molecule has 0 aliphatic carbocycles. The molecule has 3 atom stereocenters. The van der Waals surface area contributed by atoms with Crippen molar-refractivity contribution in [3.05, 3.63) is 90.5 Å². The third kappa shape index (κ3) is 8.11. The molecule has 0 unspecified atom stereocenters. The number of ether oxygens (including phenoxy) is 2. The average Bonchev–Trinajstić information content (AvgIpc) is 3.11. The summed E-state index contributed by atoms with van der Waals surface area (Å²) >= 11 is 0. The molecule has 5 amide bonds. The van der Waals surface area contributed by atoms with Crippen LogP contribution >= 0.6 is 0 Å². The monoisotopic (exact) mass is 639 g/mol. The topological polar surface area (TPSA) is 132 Å². The fraction of sp³-hybridized carbons (Fsp3) is 0.306. The molecule has 0 aromatic heterocycles. The Kier molecular flexibility index (Phi) is 10.5. The zero-order chi connectivity index (χ0) is 33.5. The first-order valence-electron chi connectivity index (χ1n) is 15.6. The second kappa shape index (κ2) is 14.9. The van der Waals surface area contributed by atoms with E-state index in [1.807, 2.05) is 49.4 Å². The number of carbonyl (C=O) groups is 3. The highest BCUT2D eigenvalue weighted by atomic mass is 16.5. The van der Waals surface area contributed by atoms with Crippen molar-refractivity contribution in [1.29, 1.82) is 0 Å². The van der Waals surface area contributed by atoms with Crippen molar-refractivity contribution in [2.24, 2.45) is 5.92 Å². The van der Waals surface area contributed by atoms with Crippen LogP contribution in [0.25, 0.3) is 10.8 Å². The zero-order valence-corrected chi connectivity index (χ0v) is 27.0. The van der Waals surface area contributed by atoms with Crippen molar-refractivity contribution in [2.45, 2.75) is 32.4 Å². The van der Waals surface area contributed by atoms with Crippen molar-refractivity contribution in [1.82, 2.24) is 9.80 Å². The number of aliphatic hydroxyl groups is 1. The van der Waals surface area contributed by atoms with Crippen LogP contribution < -0.4 is 25.4 Å². The second-order valence-corrected chi connectivity index (χ2v) is 11.9. The molecule has 11 nitrogen and oxygen atoms in total. The minimum Gasteiger partial charge on any atom is -0.497 e. The predicted molar refractivity (Wildman–Crippen MR) is 183 cm³/mol. The van der Waals surface area contributed by atoms with Gasteiger partial charge in [-0.05, 0) is 60.8 Å². The van der Waals surface area contributed by atoms with Gasteiger partial charge in [-0.15, -0.1) is 0 Å². The number of likely N-dealkylation sites (N-methyl/N-ethyl adjacent to an activating group) is 1. The molecule has 0 spiro atoms. The summed E-state index contributed by atoms with van der Waals surface area (Å²) in [5.74, 6) is 0.798. The molecule has 0 saturated heterocycles. The van der Waals surface area contributed by atoms with E-state index in [4.69, 9.17) is 9.47 Å². The van der Waals surface area contributed by atoms with E-state index in [1.54, 1.807) is 68.4 Å². The van der Waals surface area contributed by atoms with E-state index in [9.17, 15) is 19.5 Å². The van der Waals surface area contributed by atoms with Gasteiger partial charge in [0.1, 0.15) is 17.6 Å². The molecular weight excluding hydrogens is 598 g/mol. The molecule has 5 rings (SSSR count). The molecular formula is C36H41N5O6. The van der Waals surface area contributed by atoms with Gasteiger partial charge in [-0.3, -0.25) is 4.79 Å². The molecule has 47 heavy (non-hydrogen) atoms. The molecule has 0 bridgehead atoms. The van der Waals surface area contributed by atoms with E-state index in [0.29, 0.717) is 40.7 Å². The van der Waals surface area contributed by atoms with Gasteiger partial charge < -0.3 is 40.3 Å². The highest BCUT2D eigenvalue weighted by Crippen LogP contribution is 2.30. The third-order valence-corrected chi connectivity index (χ3v) is 8.35. The maximum atomic E-state index is 13.6. The van der Waals surface area contributed by atoms with E-state index in [1.165, 1.54) is 4.90 Å². The van der Waals surface area contributed by atoms with Crippen LogP contribution in [0.4, 0.5) is 26.7 Å². The van der Waals surface area contributed by atoms with Crippen molar-refractivity contribution >= 4 is 45.8 Å². The molecule has 0 radical (unpaired) electrons. The van der Waals surface area contributed by atoms with Gasteiger partial charge in [-0.1, -0.05) is 43.3 Å². The van der Waals surface area contributed by atoms with E-state index in [0.717, 1.165) is 10.8 Å². The minimum absolute atomic E-state index is 0.00731. The zero-order valence-electron chi connectivity index (χ0n) is 27.0. The summed E-state index contributed by atoms with van der Waals surface area (Å²) in [6.07, 6.45) is -0.485. The van der Waals surface area contributed by atoms with Gasteiger partial charge in [0, 0.05) is 41.8 Å². The molecule has 4 N–H and O–H groups in total. The lowest BCUT2D eigenvalue weighted by Crippen LogP contribution is -2.48. The first-order chi connectivity index (χ1) is 22.6. The van der Waals surface area contributed by atoms with Crippen LogP contribution in [0.2, 0.25) is 0 Å². The van der Waals surface area contributed by atoms with E-state index in [2.05, 4.69) is 16.0 Å². The van der Waals surface area contributed by atoms with Gasteiger partial charge in [0.2, 0.25) is 5.91 Å². The summed E-state index contributed by atoms with van der Waals surface area (Å²) in [4.78, 5) is 43.0. The van der Waals surface area contributed by atoms with Gasteiger partial charge in [-0.25, -0.2) is 9.59 Å². The van der Waals surface area contributed by atoms with Crippen LogP contribution in [-0.4, -0.2) is 78.9 Å². The first kappa shape index (κ1) is 33.1. The Bertz CT molecular complexity index is 1720. The predicted octanol–water partition coefficient (Wildman–Crippen LogP) is 5.81. The number of urea groups is 2. The lowest BCUT2D eigenvalue weighted by Gasteiger charge is -2.34. The van der Waals surface area contributed by atoms with Crippen molar-refractivity contribution in [3.8, 4) is 11.5 Å². The Morgan fingerprint density at radius 2 is 1.72 bits per heavy atom. The highest BCUT2D eigenvalue weighted by molar-refractivity contribution is 6.06. The van der Waals surface area contributed by atoms with E-state index < -0.39 is 18.2 Å². The number of nitrogens with zero attached hydrogens (tertiary/aromatic N) is 2. The number of benzene rings is 4. The molecule has 1 aliphatic heterocycles. The van der Waals surface area contributed by atoms with Crippen LogP contribution in [0.5, 0.6) is 11.5 Å². The Morgan fingerprint density at radius 1 is 1.00 bits per heavy atom. The fourth-order valence-electron chi connectivity index (χ4n) is 5.59. The maximum absolute atomic E-state index is 13.6. The fourth-order valence-corrected chi connectivity index (χ4v) is 5.59. The van der Waals surface area contributed by atoms with Crippen molar-refractivity contribution < 1.29 is 29.0 Å². The number of methoxy groups -OCH3 is 1. The van der Waals surface area contributed by atoms with Gasteiger partial charge in [0.05, 0.1) is 38.4 Å². The molecule has 4 aromatic rings. The van der Waals surface area contributed by atoms with Gasteiger partial charge >= 0.3 is 12.1 Å². The Balaban J connectivity index is 1.35. The highest BCUT2D eigenvalue weighted by Gasteiger charge is 2.32. The standard InChI is InChI=1S/C36H41N5O6/c1-23-20-41(24(2)22-42)34(43)19-26-18-28(37-35(44)39-31-11-7-9-25-8-5-6-10-30(25)31)14-17-32(26)47-33(23)21-40(3)36(45)38-27-12-15-29(46-4)16-13-27/h5-18,23-24,33,42H,19-22H2,1-4H3,(H,38,45)(H2,37,39,44)/t23-,24-,33+/m0/s1. The molecule has 4 aromatic carbocycles. The van der Waals surface area contributed by atoms with Crippen molar-refractivity contribution in [2.75, 3.05) is 49.8 Å². The molecule has 1 aliphatic rings. The lowest BCUT2D eigenvalue weighted by atomic mass is 10.0. The maximum Gasteiger partial charge on any atom is 0.323 e. The largest absolute Gasteiger partial charge is 0.497 e. The number of aliphatic hydroxyl groups excluding tert-OH is 1. The summed E-state index contributed by atoms with van der Waals surface area (Å²) in [6, 6.07) is 24.5. The average molecular weight is 640 g/mol. The summed E-state index contributed by atoms with van der Waals surface area (Å²) in [5, 5.41) is 20.6. The minimum atomic E-state index is -0.492. The number of amides is 5. The molecule has 11 heteroatoms. The van der Waals surface area contributed by atoms with Gasteiger partial charge in [0.15, 0.2) is 0 Å². The smallest absolute Gasteiger partial charge is 0.323 e. The quantitative estimate of drug-likeness (QED) is 0.193. The van der Waals surface area contributed by atoms with Crippen LogP contribution in [0.1, 0.15) is 19.4 Å². The molecule has 246 valence electrons. The number of hydrogen-bond donors (Lipinski definition) is 4. The Hall–Kier alpha value is -5.29. The van der Waals surface area contributed by atoms with Crippen LogP contribution in [0, 0.1) is 5.92 Å². The first-order valence-corrected chi connectivity index (χ1v) is 15.6. The molecule has 1 heterocycles. The lowest BCUT2D eigenvalue weighted by molar-refractivity contribution is -0.134. The molecule has 0 saturated carbocycles. The van der Waals surface area contributed by atoms with Crippen LogP contribution in [-0.2, 0) is 11.2 Å². The van der Waals surface area contributed by atoms with E-state index >= 15 is 0 Å². The van der Waals surface area contributed by atoms with E-state index in [-0.39, 0.29) is 37.4 Å². The number of rotatable bonds is 8.